The second-order valence-corrected chi connectivity index (χ2v) is 9.01. The lowest BCUT2D eigenvalue weighted by Crippen LogP contribution is -2.45. The van der Waals surface area contributed by atoms with E-state index >= 15 is 0 Å². The van der Waals surface area contributed by atoms with Crippen molar-refractivity contribution in [3.8, 4) is 0 Å². The fourth-order valence-electron chi connectivity index (χ4n) is 3.54. The number of aldehydes is 1. The van der Waals surface area contributed by atoms with E-state index in [1.807, 2.05) is 4.90 Å². The van der Waals surface area contributed by atoms with Gasteiger partial charge in [0.15, 0.2) is 12.4 Å². The minimum atomic E-state index is -0.564. The second kappa shape index (κ2) is 14.3. The highest BCUT2D eigenvalue weighted by Crippen LogP contribution is 2.31. The van der Waals surface area contributed by atoms with E-state index in [4.69, 9.17) is 4.74 Å². The van der Waals surface area contributed by atoms with E-state index in [1.54, 1.807) is 5.38 Å². The number of esters is 1. The van der Waals surface area contributed by atoms with Crippen molar-refractivity contribution in [1.82, 2.24) is 9.88 Å². The number of hydrogen-bond donors (Lipinski definition) is 0. The molecule has 0 saturated carbocycles. The molecule has 0 aromatic carbocycles. The molecule has 0 aliphatic carbocycles. The lowest BCUT2D eigenvalue weighted by atomic mass is 9.95. The van der Waals surface area contributed by atoms with Gasteiger partial charge in [-0.2, -0.15) is 0 Å². The Hall–Kier alpha value is -1.76. The van der Waals surface area contributed by atoms with Crippen molar-refractivity contribution in [2.75, 3.05) is 6.54 Å². The van der Waals surface area contributed by atoms with Crippen LogP contribution in [-0.2, 0) is 14.3 Å². The zero-order valence-corrected chi connectivity index (χ0v) is 20.0. The third-order valence-electron chi connectivity index (χ3n) is 5.19. The van der Waals surface area contributed by atoms with Crippen LogP contribution in [0.25, 0.3) is 0 Å². The summed E-state index contributed by atoms with van der Waals surface area (Å²) >= 11 is 1.31. The smallest absolute Gasteiger partial charge is 0.303 e. The van der Waals surface area contributed by atoms with Gasteiger partial charge in [-0.3, -0.25) is 14.4 Å². The Labute approximate surface area is 185 Å². The summed E-state index contributed by atoms with van der Waals surface area (Å²) in [4.78, 5) is 42.2. The maximum Gasteiger partial charge on any atom is 0.303 e. The molecule has 1 amide bonds. The molecule has 0 bridgehead atoms. The van der Waals surface area contributed by atoms with Crippen LogP contribution in [0, 0.1) is 5.92 Å². The van der Waals surface area contributed by atoms with Crippen LogP contribution in [0.3, 0.4) is 0 Å². The molecule has 6 nitrogen and oxygen atoms in total. The molecule has 2 atom stereocenters. The third-order valence-corrected chi connectivity index (χ3v) is 6.14. The van der Waals surface area contributed by atoms with Gasteiger partial charge in [0.25, 0.3) is 0 Å². The number of amides is 1. The van der Waals surface area contributed by atoms with Gasteiger partial charge in [-0.05, 0) is 18.8 Å². The molecule has 0 radical (unpaired) electrons. The maximum atomic E-state index is 13.1. The molecule has 1 heterocycles. The molecule has 2 unspecified atom stereocenters. The lowest BCUT2D eigenvalue weighted by molar-refractivity contribution is -0.148. The Kier molecular flexibility index (Phi) is 12.5. The summed E-state index contributed by atoms with van der Waals surface area (Å²) in [5.74, 6) is -0.0242. The number of nitrogens with zero attached hydrogens (tertiary/aromatic N) is 2. The molecular formula is C23H38N2O4S. The minimum absolute atomic E-state index is 0.0658. The van der Waals surface area contributed by atoms with Crippen molar-refractivity contribution in [2.45, 2.75) is 98.1 Å². The molecule has 7 heteroatoms. The van der Waals surface area contributed by atoms with Crippen LogP contribution in [-0.4, -0.2) is 40.6 Å². The number of thiazole rings is 1. The van der Waals surface area contributed by atoms with Crippen molar-refractivity contribution < 1.29 is 19.1 Å². The number of carbonyl (C=O) groups excluding carboxylic acids is 3. The average molecular weight is 439 g/mol. The predicted octanol–water partition coefficient (Wildman–Crippen LogP) is 5.57. The van der Waals surface area contributed by atoms with Crippen molar-refractivity contribution in [3.05, 3.63) is 16.1 Å². The quantitative estimate of drug-likeness (QED) is 0.203. The monoisotopic (exact) mass is 438 g/mol. The van der Waals surface area contributed by atoms with E-state index in [0.717, 1.165) is 45.1 Å². The molecule has 0 saturated heterocycles. The zero-order valence-electron chi connectivity index (χ0n) is 19.2. The molecule has 0 aliphatic rings. The Morgan fingerprint density at radius 2 is 1.87 bits per heavy atom. The summed E-state index contributed by atoms with van der Waals surface area (Å²) in [6, 6.07) is -0.0658. The number of aromatic nitrogens is 1. The first-order chi connectivity index (χ1) is 14.3. The highest BCUT2D eigenvalue weighted by molar-refractivity contribution is 7.09. The fourth-order valence-corrected chi connectivity index (χ4v) is 4.34. The van der Waals surface area contributed by atoms with Gasteiger partial charge in [-0.1, -0.05) is 53.4 Å². The van der Waals surface area contributed by atoms with Crippen LogP contribution in [0.4, 0.5) is 0 Å². The molecular weight excluding hydrogens is 400 g/mol. The Morgan fingerprint density at radius 3 is 2.40 bits per heavy atom. The van der Waals surface area contributed by atoms with Gasteiger partial charge in [0, 0.05) is 37.7 Å². The summed E-state index contributed by atoms with van der Waals surface area (Å²) in [6.45, 7) is 10.5. The summed E-state index contributed by atoms with van der Waals surface area (Å²) < 4.78 is 5.58. The van der Waals surface area contributed by atoms with Crippen molar-refractivity contribution >= 4 is 29.5 Å². The Morgan fingerprint density at radius 1 is 1.17 bits per heavy atom. The Bertz CT molecular complexity index is 659. The zero-order chi connectivity index (χ0) is 22.5. The summed E-state index contributed by atoms with van der Waals surface area (Å²) in [5.41, 5.74) is 0.337. The van der Waals surface area contributed by atoms with Crippen LogP contribution in [0.1, 0.15) is 108 Å². The van der Waals surface area contributed by atoms with E-state index in [-0.39, 0.29) is 17.9 Å². The molecule has 1 rings (SSSR count). The van der Waals surface area contributed by atoms with Gasteiger partial charge in [0.1, 0.15) is 10.7 Å². The third kappa shape index (κ3) is 8.94. The Balaban J connectivity index is 3.09. The SMILES string of the molecule is CCCCCCN(C(=O)CCCC)C(CC(OC(C)=O)c1nc(C=O)cs1)C(C)C. The number of hydrogen-bond acceptors (Lipinski definition) is 6. The molecule has 170 valence electrons. The second-order valence-electron chi connectivity index (χ2n) is 8.12. The standard InChI is InChI=1S/C23H38N2O4S/c1-6-8-10-11-13-25(22(28)12-9-7-2)20(17(3)4)14-21(29-18(5)27)23-24-19(15-26)16-30-23/h15-17,20-21H,6-14H2,1-5H3. The molecule has 0 spiro atoms. The van der Waals surface area contributed by atoms with Crippen LogP contribution < -0.4 is 0 Å². The van der Waals surface area contributed by atoms with E-state index in [1.165, 1.54) is 18.3 Å². The van der Waals surface area contributed by atoms with Gasteiger partial charge in [0.2, 0.25) is 5.91 Å². The van der Waals surface area contributed by atoms with E-state index in [0.29, 0.717) is 29.8 Å². The lowest BCUT2D eigenvalue weighted by Gasteiger charge is -2.36. The van der Waals surface area contributed by atoms with Crippen molar-refractivity contribution in [1.29, 1.82) is 0 Å². The summed E-state index contributed by atoms with van der Waals surface area (Å²) in [6.07, 6.45) is 7.38. The van der Waals surface area contributed by atoms with Crippen molar-refractivity contribution in [2.24, 2.45) is 5.92 Å². The topological polar surface area (TPSA) is 76.6 Å². The molecule has 0 fully saturated rings. The van der Waals surface area contributed by atoms with Gasteiger partial charge < -0.3 is 9.64 Å². The van der Waals surface area contributed by atoms with Crippen molar-refractivity contribution in [3.63, 3.8) is 0 Å². The molecule has 0 aliphatic heterocycles. The highest BCUT2D eigenvalue weighted by Gasteiger charge is 2.31. The van der Waals surface area contributed by atoms with Crippen LogP contribution >= 0.6 is 11.3 Å². The minimum Gasteiger partial charge on any atom is -0.455 e. The highest BCUT2D eigenvalue weighted by atomic mass is 32.1. The van der Waals surface area contributed by atoms with Gasteiger partial charge >= 0.3 is 5.97 Å². The van der Waals surface area contributed by atoms with Crippen LogP contribution in [0.5, 0.6) is 0 Å². The van der Waals surface area contributed by atoms with Gasteiger partial charge in [-0.15, -0.1) is 11.3 Å². The average Bonchev–Trinajstić information content (AvgIpc) is 3.18. The first-order valence-corrected chi connectivity index (χ1v) is 12.1. The molecule has 1 aromatic heterocycles. The maximum absolute atomic E-state index is 13.1. The first kappa shape index (κ1) is 26.3. The largest absolute Gasteiger partial charge is 0.455 e. The van der Waals surface area contributed by atoms with Crippen LogP contribution in [0.15, 0.2) is 5.38 Å². The number of ether oxygens (including phenoxy) is 1. The fraction of sp³-hybridized carbons (Fsp3) is 0.739. The molecule has 1 aromatic rings. The number of rotatable bonds is 15. The van der Waals surface area contributed by atoms with E-state index < -0.39 is 12.1 Å². The van der Waals surface area contributed by atoms with Gasteiger partial charge in [-0.25, -0.2) is 4.98 Å². The number of carbonyl (C=O) groups is 3. The number of unbranched alkanes of at least 4 members (excludes halogenated alkanes) is 4. The normalized spacial score (nSPS) is 13.1. The summed E-state index contributed by atoms with van der Waals surface area (Å²) in [5, 5.41) is 2.27. The van der Waals surface area contributed by atoms with E-state index in [9.17, 15) is 14.4 Å². The van der Waals surface area contributed by atoms with Gasteiger partial charge in [0.05, 0.1) is 0 Å². The van der Waals surface area contributed by atoms with Crippen LogP contribution in [0.2, 0.25) is 0 Å². The molecule has 0 N–H and O–H groups in total. The first-order valence-electron chi connectivity index (χ1n) is 11.2. The molecule has 30 heavy (non-hydrogen) atoms. The summed E-state index contributed by atoms with van der Waals surface area (Å²) in [7, 11) is 0. The van der Waals surface area contributed by atoms with E-state index in [2.05, 4.69) is 32.7 Å². The predicted molar refractivity (Wildman–Crippen MR) is 121 cm³/mol.